The van der Waals surface area contributed by atoms with Gasteiger partial charge in [0.25, 0.3) is 0 Å². The zero-order chi connectivity index (χ0) is 66.3. The Labute approximate surface area is 664 Å². The maximum atomic E-state index is 7.28. The van der Waals surface area contributed by atoms with Crippen LogP contribution < -0.4 is 42.4 Å². The summed E-state index contributed by atoms with van der Waals surface area (Å²) in [6.07, 6.45) is 40.1. The molecule has 0 amide bonds. The molecule has 0 aliphatic heterocycles. The number of hydrogen-bond donors (Lipinski definition) is 0. The van der Waals surface area contributed by atoms with E-state index < -0.39 is 31.7 Å². The Bertz CT molecular complexity index is 4020. The van der Waals surface area contributed by atoms with E-state index in [1.807, 2.05) is 60.7 Å². The molecule has 0 saturated carbocycles. The molecule has 0 nitrogen and oxygen atoms in total. The molecule has 0 radical (unpaired) electrons. The Kier molecular flexibility index (Phi) is 33.6. The Balaban J connectivity index is 0.000000190. The van der Waals surface area contributed by atoms with Gasteiger partial charge in [0.05, 0.1) is 98.8 Å². The summed E-state index contributed by atoms with van der Waals surface area (Å²) in [6.45, 7) is 4.36. The van der Waals surface area contributed by atoms with Crippen LogP contribution in [0.25, 0.3) is 22.3 Å². The summed E-state index contributed by atoms with van der Waals surface area (Å²) in [5, 5.41) is 12.3. The molecular formula is C92H80Au4P4+4. The summed E-state index contributed by atoms with van der Waals surface area (Å²) in [5.41, 5.74) is 13.0. The Morgan fingerprint density at radius 1 is 0.260 bits per heavy atom. The molecule has 14 rings (SSSR count). The maximum absolute atomic E-state index is 7.28. The Morgan fingerprint density at radius 3 is 0.650 bits per heavy atom. The molecule has 0 spiro atoms. The van der Waals surface area contributed by atoms with Crippen molar-refractivity contribution in [2.45, 2.75) is 51.4 Å². The fraction of sp³-hybridized carbons (Fsp3) is 0.130. The van der Waals surface area contributed by atoms with Crippen molar-refractivity contribution in [3.63, 3.8) is 0 Å². The molecule has 12 aromatic carbocycles. The molecule has 2 aliphatic rings. The van der Waals surface area contributed by atoms with Crippen molar-refractivity contribution in [1.29, 1.82) is 0 Å². The largest absolute Gasteiger partial charge is 1.00 e. The third-order valence-corrected chi connectivity index (χ3v) is 30.0. The standard InChI is InChI=1S/2C28H28P2.C19H12.C17H8.4Au/c2*1-5-15-25(16-6-1)29(26-17-7-2-8-18-26)23-13-14-24-30(27-19-9-3-10-20-27)28-21-11-4-12-22-28;1-5-13-7-9-15-16-10-8-14(6-2)12-18(16)19(3,4)17(15)11-13;1-3-12-5-7-16-14(9-12)11-15-10-13(4-2)6-8-17(15)16;;;;/h2*1-12,15-22H,13-14,23-24H2;7-12H,3-4H3;5-10H,11H2;;;;/q;;2*-2;4*+1/p+4. The van der Waals surface area contributed by atoms with Crippen molar-refractivity contribution < 1.29 is 89.5 Å². The number of benzene rings is 12. The first kappa shape index (κ1) is 80.9. The van der Waals surface area contributed by atoms with Crippen molar-refractivity contribution in [3.8, 4) is 45.9 Å². The van der Waals surface area contributed by atoms with Gasteiger partial charge in [-0.1, -0.05) is 195 Å². The number of hydrogen-bond acceptors (Lipinski definition) is 0. The van der Waals surface area contributed by atoms with Gasteiger partial charge in [0.1, 0.15) is 0 Å². The van der Waals surface area contributed by atoms with Crippen LogP contribution in [0.4, 0.5) is 0 Å². The Morgan fingerprint density at radius 2 is 0.450 bits per heavy atom. The quantitative estimate of drug-likeness (QED) is 0.0264. The van der Waals surface area contributed by atoms with Crippen molar-refractivity contribution in [2.24, 2.45) is 0 Å². The van der Waals surface area contributed by atoms with Crippen molar-refractivity contribution in [1.82, 2.24) is 0 Å². The predicted octanol–water partition coefficient (Wildman–Crippen LogP) is 18.0. The van der Waals surface area contributed by atoms with Gasteiger partial charge in [-0.05, 0) is 163 Å². The SMILES string of the molecule is [Au+].[Au+].[Au+].[Au+].[C-]#Cc1ccc2c(c1)C(C)(C)c1cc(C#[C-])ccc1-2.[C-]#Cc1ccc2c(c1)Cc1cc(C#[C-])ccc1-2.c1ccc([PH+](CCCC[PH+](c2ccccc2)c2ccccc2)c2ccccc2)cc1.c1ccc([PH+](CCCC[PH+](c2ccccc2)c2ccccc2)c2ccccc2)cc1. The van der Waals surface area contributed by atoms with Crippen LogP contribution >= 0.6 is 31.7 Å². The van der Waals surface area contributed by atoms with E-state index in [9.17, 15) is 0 Å². The van der Waals surface area contributed by atoms with Gasteiger partial charge in [-0.3, -0.25) is 23.7 Å². The van der Waals surface area contributed by atoms with E-state index in [1.54, 1.807) is 0 Å². The van der Waals surface area contributed by atoms with Crippen LogP contribution in [0.1, 0.15) is 84.0 Å². The molecule has 0 atom stereocenters. The van der Waals surface area contributed by atoms with Gasteiger partial charge in [0.2, 0.25) is 0 Å². The molecule has 0 unspecified atom stereocenters. The van der Waals surface area contributed by atoms with Crippen LogP contribution in [-0.4, -0.2) is 24.6 Å². The third-order valence-electron chi connectivity index (χ3n) is 18.3. The zero-order valence-corrected chi connectivity index (χ0v) is 68.8. The maximum Gasteiger partial charge on any atom is 1.00 e. The fourth-order valence-electron chi connectivity index (χ4n) is 13.4. The van der Waals surface area contributed by atoms with E-state index in [4.69, 9.17) is 25.7 Å². The first-order chi connectivity index (χ1) is 47.2. The zero-order valence-electron chi connectivity index (χ0n) is 56.1. The molecule has 0 aromatic heterocycles. The predicted molar refractivity (Wildman–Crippen MR) is 423 cm³/mol. The molecule has 8 heteroatoms. The smallest absolute Gasteiger partial charge is 0.366 e. The molecule has 12 aromatic rings. The number of fused-ring (bicyclic) bond motifs is 6. The van der Waals surface area contributed by atoms with Crippen LogP contribution in [0.5, 0.6) is 0 Å². The fourth-order valence-corrected chi connectivity index (χ4v) is 24.2. The van der Waals surface area contributed by atoms with E-state index in [0.29, 0.717) is 0 Å². The summed E-state index contributed by atoms with van der Waals surface area (Å²) >= 11 is 0. The first-order valence-electron chi connectivity index (χ1n) is 33.4. The van der Waals surface area contributed by atoms with Gasteiger partial charge < -0.3 is 25.7 Å². The monoisotopic (exact) mass is 2100 g/mol. The number of unbranched alkanes of at least 4 members (excludes halogenated alkanes) is 2. The van der Waals surface area contributed by atoms with E-state index in [2.05, 4.69) is 292 Å². The van der Waals surface area contributed by atoms with Gasteiger partial charge >= 0.3 is 89.5 Å². The van der Waals surface area contributed by atoms with Crippen LogP contribution in [0.3, 0.4) is 0 Å². The van der Waals surface area contributed by atoms with Crippen LogP contribution in [-0.2, 0) is 101 Å². The molecule has 0 N–H and O–H groups in total. The molecule has 0 bridgehead atoms. The van der Waals surface area contributed by atoms with Crippen LogP contribution in [0, 0.1) is 49.4 Å². The van der Waals surface area contributed by atoms with E-state index in [1.165, 1.54) is 137 Å². The summed E-state index contributed by atoms with van der Waals surface area (Å²) in [6, 6.07) is 113. The van der Waals surface area contributed by atoms with Gasteiger partial charge in [-0.2, -0.15) is 0 Å². The second kappa shape index (κ2) is 41.6. The average molecular weight is 2100 g/mol. The van der Waals surface area contributed by atoms with E-state index >= 15 is 0 Å². The minimum absolute atomic E-state index is 0. The molecule has 0 heterocycles. The second-order valence-corrected chi connectivity index (χ2v) is 35.3. The summed E-state index contributed by atoms with van der Waals surface area (Å²) in [7, 11) is -2.86. The molecular weight excluding hydrogens is 2020 g/mol. The van der Waals surface area contributed by atoms with Gasteiger partial charge in [0.15, 0.2) is 0 Å². The molecule has 0 fully saturated rings. The van der Waals surface area contributed by atoms with Crippen molar-refractivity contribution in [3.05, 3.63) is 386 Å². The number of rotatable bonds is 18. The normalized spacial score (nSPS) is 11.3. The topological polar surface area (TPSA) is 0 Å². The molecule has 2 aliphatic carbocycles. The first-order valence-corrected chi connectivity index (χ1v) is 40.2. The molecule has 0 saturated heterocycles. The average Bonchev–Trinajstić information content (AvgIpc) is 1.59. The third kappa shape index (κ3) is 21.3. The second-order valence-electron chi connectivity index (χ2n) is 24.8. The van der Waals surface area contributed by atoms with Crippen molar-refractivity contribution >= 4 is 74.1 Å². The molecule has 100 heavy (non-hydrogen) atoms. The summed E-state index contributed by atoms with van der Waals surface area (Å²) < 4.78 is 0. The minimum atomic E-state index is -0.714. The van der Waals surface area contributed by atoms with Crippen LogP contribution in [0.15, 0.2) is 315 Å². The summed E-state index contributed by atoms with van der Waals surface area (Å²) in [5.74, 6) is 9.73. The van der Waals surface area contributed by atoms with Gasteiger partial charge in [-0.15, -0.1) is 70.8 Å². The van der Waals surface area contributed by atoms with Crippen molar-refractivity contribution in [2.75, 3.05) is 24.6 Å². The van der Waals surface area contributed by atoms with E-state index in [-0.39, 0.29) is 94.9 Å². The van der Waals surface area contributed by atoms with Gasteiger partial charge in [-0.25, -0.2) is 0 Å². The molecule has 508 valence electrons. The van der Waals surface area contributed by atoms with E-state index in [0.717, 1.165) is 28.7 Å². The van der Waals surface area contributed by atoms with Gasteiger partial charge in [0, 0.05) is 5.41 Å². The van der Waals surface area contributed by atoms with Crippen LogP contribution in [0.2, 0.25) is 0 Å². The summed E-state index contributed by atoms with van der Waals surface area (Å²) in [4.78, 5) is 0. The Hall–Kier alpha value is -6.44. The minimum Gasteiger partial charge on any atom is -0.366 e.